The molecule has 0 spiro atoms. The van der Waals surface area contributed by atoms with Gasteiger partial charge in [-0.3, -0.25) is 0 Å². The van der Waals surface area contributed by atoms with Crippen LogP contribution in [0.15, 0.2) is 47.4 Å². The first-order valence-corrected chi connectivity index (χ1v) is 9.90. The van der Waals surface area contributed by atoms with E-state index >= 15 is 0 Å². The molecule has 0 saturated carbocycles. The second kappa shape index (κ2) is 6.87. The smallest absolute Gasteiger partial charge is 0.319 e. The predicted octanol–water partition coefficient (Wildman–Crippen LogP) is 2.74. The summed E-state index contributed by atoms with van der Waals surface area (Å²) >= 11 is 0. The van der Waals surface area contributed by atoms with Crippen molar-refractivity contribution >= 4 is 21.6 Å². The molecule has 7 nitrogen and oxygen atoms in total. The molecule has 1 aliphatic heterocycles. The molecule has 8 heteroatoms. The first-order chi connectivity index (χ1) is 12.3. The second-order valence-corrected chi connectivity index (χ2v) is 8.06. The summed E-state index contributed by atoms with van der Waals surface area (Å²) in [7, 11) is -2.10. The van der Waals surface area contributed by atoms with Gasteiger partial charge >= 0.3 is 6.03 Å². The molecule has 0 aliphatic carbocycles. The highest BCUT2D eigenvalue weighted by atomic mass is 32.2. The third kappa shape index (κ3) is 3.60. The van der Waals surface area contributed by atoms with E-state index in [1.807, 2.05) is 31.2 Å². The standard InChI is InChI=1S/C18H20N2O5S/c1-11-17(13-6-4-5-7-14(13)25-11)20-18(21)19-12-8-9-15(24-2)16(10-12)26(3,22)23/h4-11,17H,1-3H3,(H2,19,20,21). The van der Waals surface area contributed by atoms with Crippen LogP contribution in [0.1, 0.15) is 18.5 Å². The van der Waals surface area contributed by atoms with Crippen molar-refractivity contribution in [1.29, 1.82) is 0 Å². The van der Waals surface area contributed by atoms with Crippen LogP contribution in [0.3, 0.4) is 0 Å². The molecular weight excluding hydrogens is 356 g/mol. The van der Waals surface area contributed by atoms with Gasteiger partial charge in [-0.1, -0.05) is 18.2 Å². The van der Waals surface area contributed by atoms with Crippen LogP contribution in [0.2, 0.25) is 0 Å². The molecule has 2 unspecified atom stereocenters. The number of para-hydroxylation sites is 1. The minimum Gasteiger partial charge on any atom is -0.495 e. The number of anilines is 1. The molecule has 0 bridgehead atoms. The summed E-state index contributed by atoms with van der Waals surface area (Å²) in [6.45, 7) is 1.88. The number of rotatable bonds is 4. The summed E-state index contributed by atoms with van der Waals surface area (Å²) in [6, 6.07) is 11.2. The van der Waals surface area contributed by atoms with E-state index in [0.717, 1.165) is 17.6 Å². The van der Waals surface area contributed by atoms with Gasteiger partial charge in [0.05, 0.1) is 13.2 Å². The van der Waals surface area contributed by atoms with Crippen molar-refractivity contribution in [2.45, 2.75) is 24.0 Å². The number of ether oxygens (including phenoxy) is 2. The molecule has 2 atom stereocenters. The minimum atomic E-state index is -3.49. The van der Waals surface area contributed by atoms with Gasteiger partial charge in [0.25, 0.3) is 0 Å². The highest BCUT2D eigenvalue weighted by Crippen LogP contribution is 2.36. The van der Waals surface area contributed by atoms with Crippen LogP contribution >= 0.6 is 0 Å². The lowest BCUT2D eigenvalue weighted by Gasteiger charge is -2.18. The lowest BCUT2D eigenvalue weighted by atomic mass is 10.1. The van der Waals surface area contributed by atoms with E-state index in [1.54, 1.807) is 6.07 Å². The maximum Gasteiger partial charge on any atom is 0.319 e. The Morgan fingerprint density at radius 3 is 2.62 bits per heavy atom. The van der Waals surface area contributed by atoms with Crippen LogP contribution in [0.4, 0.5) is 10.5 Å². The van der Waals surface area contributed by atoms with Crippen molar-refractivity contribution in [2.24, 2.45) is 0 Å². The van der Waals surface area contributed by atoms with Gasteiger partial charge < -0.3 is 20.1 Å². The molecule has 2 amide bonds. The number of fused-ring (bicyclic) bond motifs is 1. The number of carbonyl (C=O) groups is 1. The number of hydrogen-bond donors (Lipinski definition) is 2. The zero-order chi connectivity index (χ0) is 18.9. The van der Waals surface area contributed by atoms with Crippen molar-refractivity contribution in [2.75, 3.05) is 18.7 Å². The molecule has 3 rings (SSSR count). The number of carbonyl (C=O) groups excluding carboxylic acids is 1. The molecule has 0 radical (unpaired) electrons. The van der Waals surface area contributed by atoms with Crippen LogP contribution in [-0.2, 0) is 9.84 Å². The van der Waals surface area contributed by atoms with Gasteiger partial charge in [-0.2, -0.15) is 0 Å². The maximum absolute atomic E-state index is 12.4. The molecule has 138 valence electrons. The Morgan fingerprint density at radius 1 is 1.19 bits per heavy atom. The van der Waals surface area contributed by atoms with Crippen LogP contribution in [-0.4, -0.2) is 33.9 Å². The minimum absolute atomic E-state index is 0.0145. The molecule has 0 fully saturated rings. The Labute approximate surface area is 152 Å². The molecule has 1 heterocycles. The SMILES string of the molecule is COc1ccc(NC(=O)NC2c3ccccc3OC2C)cc1S(C)(=O)=O. The Balaban J connectivity index is 1.77. The molecule has 1 aliphatic rings. The Hall–Kier alpha value is -2.74. The summed E-state index contributed by atoms with van der Waals surface area (Å²) < 4.78 is 34.6. The molecule has 2 aromatic rings. The summed E-state index contributed by atoms with van der Waals surface area (Å²) in [6.07, 6.45) is 0.879. The summed E-state index contributed by atoms with van der Waals surface area (Å²) in [5.41, 5.74) is 1.25. The summed E-state index contributed by atoms with van der Waals surface area (Å²) in [4.78, 5) is 12.4. The number of benzene rings is 2. The average molecular weight is 376 g/mol. The number of methoxy groups -OCH3 is 1. The molecule has 26 heavy (non-hydrogen) atoms. The van der Waals surface area contributed by atoms with Crippen LogP contribution in [0.25, 0.3) is 0 Å². The average Bonchev–Trinajstić information content (AvgIpc) is 2.90. The molecule has 0 aromatic heterocycles. The summed E-state index contributed by atoms with van der Waals surface area (Å²) in [5, 5.41) is 5.52. The Kier molecular flexibility index (Phi) is 4.78. The lowest BCUT2D eigenvalue weighted by Crippen LogP contribution is -2.36. The van der Waals surface area contributed by atoms with E-state index in [1.165, 1.54) is 19.2 Å². The van der Waals surface area contributed by atoms with E-state index in [0.29, 0.717) is 5.69 Å². The Morgan fingerprint density at radius 2 is 1.92 bits per heavy atom. The molecular formula is C18H20N2O5S. The zero-order valence-corrected chi connectivity index (χ0v) is 15.5. The topological polar surface area (TPSA) is 93.7 Å². The predicted molar refractivity (Wildman–Crippen MR) is 97.5 cm³/mol. The van der Waals surface area contributed by atoms with E-state index in [4.69, 9.17) is 9.47 Å². The van der Waals surface area contributed by atoms with Crippen LogP contribution in [0, 0.1) is 0 Å². The second-order valence-electron chi connectivity index (χ2n) is 6.07. The van der Waals surface area contributed by atoms with Gasteiger partial charge in [-0.05, 0) is 31.2 Å². The van der Waals surface area contributed by atoms with E-state index < -0.39 is 15.9 Å². The number of hydrogen-bond acceptors (Lipinski definition) is 5. The fourth-order valence-electron chi connectivity index (χ4n) is 2.91. The number of urea groups is 1. The monoisotopic (exact) mass is 376 g/mol. The molecule has 2 N–H and O–H groups in total. The fraction of sp³-hybridized carbons (Fsp3) is 0.278. The normalized spacial score (nSPS) is 18.6. The molecule has 2 aromatic carbocycles. The quantitative estimate of drug-likeness (QED) is 0.856. The van der Waals surface area contributed by atoms with Gasteiger partial charge in [0, 0.05) is 17.5 Å². The number of nitrogens with one attached hydrogen (secondary N) is 2. The van der Waals surface area contributed by atoms with Crippen molar-refractivity contribution in [3.63, 3.8) is 0 Å². The van der Waals surface area contributed by atoms with E-state index in [9.17, 15) is 13.2 Å². The molecule has 0 saturated heterocycles. The lowest BCUT2D eigenvalue weighted by molar-refractivity contribution is 0.204. The Bertz CT molecular complexity index is 942. The third-order valence-corrected chi connectivity index (χ3v) is 5.26. The maximum atomic E-state index is 12.4. The number of sulfone groups is 1. The van der Waals surface area contributed by atoms with Crippen LogP contribution < -0.4 is 20.1 Å². The third-order valence-electron chi connectivity index (χ3n) is 4.14. The van der Waals surface area contributed by atoms with Gasteiger partial charge in [-0.15, -0.1) is 0 Å². The van der Waals surface area contributed by atoms with Gasteiger partial charge in [-0.25, -0.2) is 13.2 Å². The van der Waals surface area contributed by atoms with Crippen molar-refractivity contribution in [3.8, 4) is 11.5 Å². The highest BCUT2D eigenvalue weighted by Gasteiger charge is 2.32. The van der Waals surface area contributed by atoms with E-state index in [2.05, 4.69) is 10.6 Å². The van der Waals surface area contributed by atoms with E-state index in [-0.39, 0.29) is 22.8 Å². The fourth-order valence-corrected chi connectivity index (χ4v) is 3.77. The first kappa shape index (κ1) is 18.1. The summed E-state index contributed by atoms with van der Waals surface area (Å²) in [5.74, 6) is 0.972. The van der Waals surface area contributed by atoms with Crippen LogP contribution in [0.5, 0.6) is 11.5 Å². The van der Waals surface area contributed by atoms with Gasteiger partial charge in [0.15, 0.2) is 9.84 Å². The van der Waals surface area contributed by atoms with Crippen molar-refractivity contribution in [3.05, 3.63) is 48.0 Å². The highest BCUT2D eigenvalue weighted by molar-refractivity contribution is 7.90. The first-order valence-electron chi connectivity index (χ1n) is 8.01. The zero-order valence-electron chi connectivity index (χ0n) is 14.6. The number of amides is 2. The van der Waals surface area contributed by atoms with Gasteiger partial charge in [0.1, 0.15) is 22.5 Å². The van der Waals surface area contributed by atoms with Crippen molar-refractivity contribution < 1.29 is 22.7 Å². The van der Waals surface area contributed by atoms with Crippen molar-refractivity contribution in [1.82, 2.24) is 5.32 Å². The largest absolute Gasteiger partial charge is 0.495 e. The van der Waals surface area contributed by atoms with Gasteiger partial charge in [0.2, 0.25) is 0 Å².